The van der Waals surface area contributed by atoms with Crippen molar-refractivity contribution in [2.24, 2.45) is 5.73 Å². The Balaban J connectivity index is 2.17. The first-order chi connectivity index (χ1) is 9.38. The van der Waals surface area contributed by atoms with Crippen molar-refractivity contribution in [2.45, 2.75) is 19.4 Å². The molecule has 0 bridgehead atoms. The van der Waals surface area contributed by atoms with Crippen LogP contribution in [0.15, 0.2) is 30.5 Å². The van der Waals surface area contributed by atoms with E-state index in [4.69, 9.17) is 20.0 Å². The summed E-state index contributed by atoms with van der Waals surface area (Å²) in [4.78, 5) is 25.0. The Morgan fingerprint density at radius 3 is 2.60 bits per heavy atom. The molecule has 0 amide bonds. The Morgan fingerprint density at radius 2 is 2.00 bits per heavy atom. The molecule has 2 aromatic rings. The maximum atomic E-state index is 8.78. The molecule has 0 radical (unpaired) electrons. The zero-order valence-corrected chi connectivity index (χ0v) is 12.3. The van der Waals surface area contributed by atoms with Crippen molar-refractivity contribution in [3.63, 3.8) is 0 Å². The third kappa shape index (κ3) is 3.62. The predicted molar refractivity (Wildman–Crippen MR) is 77.6 cm³/mol. The van der Waals surface area contributed by atoms with Crippen molar-refractivity contribution in [3.05, 3.63) is 41.9 Å². The zero-order chi connectivity index (χ0) is 14.8. The van der Waals surface area contributed by atoms with E-state index in [1.54, 1.807) is 13.1 Å². The van der Waals surface area contributed by atoms with E-state index < -0.39 is 14.1 Å². The van der Waals surface area contributed by atoms with Crippen LogP contribution in [0.4, 0.5) is 0 Å². The summed E-state index contributed by atoms with van der Waals surface area (Å²) in [5.74, 6) is 0.532. The van der Waals surface area contributed by atoms with Gasteiger partial charge in [0.1, 0.15) is 5.82 Å². The number of nitrogens with one attached hydrogen (secondary N) is 1. The molecule has 1 aromatic carbocycles. The van der Waals surface area contributed by atoms with E-state index in [0.717, 1.165) is 11.3 Å². The van der Waals surface area contributed by atoms with Gasteiger partial charge in [-0.05, 0) is 19.4 Å². The molecular formula is C13H18N3O3P. The van der Waals surface area contributed by atoms with E-state index in [1.807, 2.05) is 31.2 Å². The zero-order valence-electron chi connectivity index (χ0n) is 11.4. The minimum atomic E-state index is -2.42. The summed E-state index contributed by atoms with van der Waals surface area (Å²) in [5.41, 5.74) is 8.20. The van der Waals surface area contributed by atoms with Crippen LogP contribution < -0.4 is 5.73 Å². The number of imidazole rings is 1. The average molecular weight is 295 g/mol. The molecule has 1 aromatic heterocycles. The van der Waals surface area contributed by atoms with Crippen LogP contribution in [0.25, 0.3) is 11.3 Å². The number of hydrogen-bond donors (Lipinski definition) is 4. The van der Waals surface area contributed by atoms with Gasteiger partial charge in [-0.25, -0.2) is 4.98 Å². The van der Waals surface area contributed by atoms with Gasteiger partial charge in [0.05, 0.1) is 24.0 Å². The SMILES string of the molecule is Cc1ccc(-c2cnc(C(C)(N)COP(O)O)[nH]2)cc1. The predicted octanol–water partition coefficient (Wildman–Crippen LogP) is 1.79. The van der Waals surface area contributed by atoms with Crippen LogP contribution in [0.5, 0.6) is 0 Å². The summed E-state index contributed by atoms with van der Waals surface area (Å²) in [7, 11) is -2.42. The van der Waals surface area contributed by atoms with Crippen molar-refractivity contribution in [3.8, 4) is 11.3 Å². The Morgan fingerprint density at radius 1 is 1.35 bits per heavy atom. The van der Waals surface area contributed by atoms with Crippen LogP contribution in [-0.4, -0.2) is 26.4 Å². The fraction of sp³-hybridized carbons (Fsp3) is 0.308. The molecule has 1 unspecified atom stereocenters. The third-order valence-electron chi connectivity index (χ3n) is 2.96. The van der Waals surface area contributed by atoms with E-state index in [9.17, 15) is 0 Å². The Bertz CT molecular complexity index is 566. The summed E-state index contributed by atoms with van der Waals surface area (Å²) in [6, 6.07) is 8.03. The summed E-state index contributed by atoms with van der Waals surface area (Å²) in [5, 5.41) is 0. The molecule has 2 rings (SSSR count). The Labute approximate surface area is 118 Å². The highest BCUT2D eigenvalue weighted by molar-refractivity contribution is 7.39. The Hall–Kier alpha value is -1.30. The second-order valence-electron chi connectivity index (χ2n) is 4.96. The lowest BCUT2D eigenvalue weighted by Crippen LogP contribution is -2.38. The quantitative estimate of drug-likeness (QED) is 0.629. The smallest absolute Gasteiger partial charge is 0.327 e. The maximum Gasteiger partial charge on any atom is 0.327 e. The topological polar surface area (TPSA) is 104 Å². The molecule has 0 aliphatic rings. The number of aromatic nitrogens is 2. The minimum absolute atomic E-state index is 0.0352. The normalized spacial score (nSPS) is 14.5. The molecule has 1 atom stereocenters. The van der Waals surface area contributed by atoms with Gasteiger partial charge in [0.15, 0.2) is 0 Å². The fourth-order valence-corrected chi connectivity index (χ4v) is 2.14. The van der Waals surface area contributed by atoms with Crippen LogP contribution in [0.2, 0.25) is 0 Å². The van der Waals surface area contributed by atoms with Crippen LogP contribution in [0.3, 0.4) is 0 Å². The number of nitrogens with two attached hydrogens (primary N) is 1. The van der Waals surface area contributed by atoms with Gasteiger partial charge in [0.25, 0.3) is 0 Å². The van der Waals surface area contributed by atoms with Gasteiger partial charge in [0.2, 0.25) is 0 Å². The number of aryl methyl sites for hydroxylation is 1. The fourth-order valence-electron chi connectivity index (χ4n) is 1.75. The van der Waals surface area contributed by atoms with Crippen molar-refractivity contribution < 1.29 is 14.3 Å². The first-order valence-electron chi connectivity index (χ1n) is 6.11. The van der Waals surface area contributed by atoms with Crippen LogP contribution >= 0.6 is 8.60 Å². The lowest BCUT2D eigenvalue weighted by molar-refractivity contribution is 0.194. The summed E-state index contributed by atoms with van der Waals surface area (Å²) >= 11 is 0. The van der Waals surface area contributed by atoms with Gasteiger partial charge in [0, 0.05) is 0 Å². The molecule has 0 aliphatic heterocycles. The van der Waals surface area contributed by atoms with E-state index in [1.165, 1.54) is 5.56 Å². The lowest BCUT2D eigenvalue weighted by Gasteiger charge is -2.21. The summed E-state index contributed by atoms with van der Waals surface area (Å²) in [6.07, 6.45) is 1.70. The number of rotatable bonds is 5. The number of nitrogens with zero attached hydrogens (tertiary/aromatic N) is 1. The maximum absolute atomic E-state index is 8.78. The van der Waals surface area contributed by atoms with Gasteiger partial charge in [-0.1, -0.05) is 29.8 Å². The number of H-pyrrole nitrogens is 1. The van der Waals surface area contributed by atoms with Crippen LogP contribution in [-0.2, 0) is 10.1 Å². The second-order valence-corrected chi connectivity index (χ2v) is 5.72. The van der Waals surface area contributed by atoms with Gasteiger partial charge in [-0.2, -0.15) is 0 Å². The number of benzene rings is 1. The standard InChI is InChI=1S/C13H18N3O3P/c1-9-3-5-10(6-4-9)11-7-15-12(16-11)13(2,14)8-19-20(17)18/h3-7,17-18H,8,14H2,1-2H3,(H,15,16). The van der Waals surface area contributed by atoms with Crippen LogP contribution in [0.1, 0.15) is 18.3 Å². The highest BCUT2D eigenvalue weighted by atomic mass is 31.2. The molecule has 0 aliphatic carbocycles. The molecule has 20 heavy (non-hydrogen) atoms. The molecule has 108 valence electrons. The molecule has 0 saturated heterocycles. The molecule has 5 N–H and O–H groups in total. The van der Waals surface area contributed by atoms with Gasteiger partial charge >= 0.3 is 8.60 Å². The average Bonchev–Trinajstić information content (AvgIpc) is 2.88. The number of aromatic amines is 1. The molecular weight excluding hydrogens is 277 g/mol. The lowest BCUT2D eigenvalue weighted by atomic mass is 10.1. The van der Waals surface area contributed by atoms with E-state index in [0.29, 0.717) is 5.82 Å². The Kier molecular flexibility index (Phi) is 4.52. The molecule has 0 spiro atoms. The minimum Gasteiger partial charge on any atom is -0.340 e. The molecule has 6 nitrogen and oxygen atoms in total. The van der Waals surface area contributed by atoms with Crippen molar-refractivity contribution in [1.82, 2.24) is 9.97 Å². The van der Waals surface area contributed by atoms with Gasteiger partial charge in [-0.3, -0.25) is 0 Å². The van der Waals surface area contributed by atoms with E-state index in [2.05, 4.69) is 9.97 Å². The molecule has 0 saturated carbocycles. The van der Waals surface area contributed by atoms with E-state index in [-0.39, 0.29) is 6.61 Å². The number of hydrogen-bond acceptors (Lipinski definition) is 5. The van der Waals surface area contributed by atoms with Crippen LogP contribution in [0, 0.1) is 6.92 Å². The van der Waals surface area contributed by atoms with Crippen molar-refractivity contribution in [1.29, 1.82) is 0 Å². The summed E-state index contributed by atoms with van der Waals surface area (Å²) < 4.78 is 4.78. The first kappa shape index (κ1) is 15.1. The monoisotopic (exact) mass is 295 g/mol. The van der Waals surface area contributed by atoms with Crippen molar-refractivity contribution in [2.75, 3.05) is 6.61 Å². The highest BCUT2D eigenvalue weighted by Gasteiger charge is 2.26. The van der Waals surface area contributed by atoms with E-state index >= 15 is 0 Å². The molecule has 1 heterocycles. The third-order valence-corrected chi connectivity index (χ3v) is 3.32. The molecule has 7 heteroatoms. The second kappa shape index (κ2) is 5.99. The largest absolute Gasteiger partial charge is 0.340 e. The van der Waals surface area contributed by atoms with Crippen molar-refractivity contribution >= 4 is 8.60 Å². The molecule has 0 fully saturated rings. The summed E-state index contributed by atoms with van der Waals surface area (Å²) in [6.45, 7) is 3.70. The first-order valence-corrected chi connectivity index (χ1v) is 7.27. The highest BCUT2D eigenvalue weighted by Crippen LogP contribution is 2.29. The van der Waals surface area contributed by atoms with Gasteiger partial charge in [-0.15, -0.1) is 0 Å². The van der Waals surface area contributed by atoms with Gasteiger partial charge < -0.3 is 25.0 Å².